The lowest BCUT2D eigenvalue weighted by Gasteiger charge is -2.24. The maximum absolute atomic E-state index is 13.7. The number of nitrogens with two attached hydrogens (primary N) is 1. The zero-order valence-corrected chi connectivity index (χ0v) is 10.5. The summed E-state index contributed by atoms with van der Waals surface area (Å²) >= 11 is 5.45. The molecule has 0 fully saturated rings. The Bertz CT molecular complexity index is 436. The summed E-state index contributed by atoms with van der Waals surface area (Å²) in [6, 6.07) is 2.11. The van der Waals surface area contributed by atoms with Crippen molar-refractivity contribution in [2.24, 2.45) is 0 Å². The number of nitriles is 1. The molecule has 16 heavy (non-hydrogen) atoms. The van der Waals surface area contributed by atoms with Crippen molar-refractivity contribution < 1.29 is 4.39 Å². The first-order chi connectivity index (χ1) is 7.69. The van der Waals surface area contributed by atoms with E-state index in [4.69, 9.17) is 11.0 Å². The van der Waals surface area contributed by atoms with Gasteiger partial charge in [0.25, 0.3) is 0 Å². The Morgan fingerprint density at radius 1 is 1.56 bits per heavy atom. The summed E-state index contributed by atoms with van der Waals surface area (Å²) in [6.45, 7) is 0. The molecule has 2 nitrogen and oxygen atoms in total. The van der Waals surface area contributed by atoms with Gasteiger partial charge in [-0.3, -0.25) is 0 Å². The van der Waals surface area contributed by atoms with E-state index in [1.807, 2.05) is 0 Å². The monoisotopic (exact) mass is 256 g/mol. The average molecular weight is 256 g/mol. The van der Waals surface area contributed by atoms with Crippen LogP contribution in [0.3, 0.4) is 0 Å². The topological polar surface area (TPSA) is 49.8 Å². The van der Waals surface area contributed by atoms with Crippen molar-refractivity contribution in [3.05, 3.63) is 16.0 Å². The van der Waals surface area contributed by atoms with Gasteiger partial charge in [-0.15, -0.1) is 11.3 Å². The van der Waals surface area contributed by atoms with E-state index in [1.54, 1.807) is 0 Å². The SMILES string of the molecule is N#Cc1c(N)sc2c1C(CCS)CCC2F. The summed E-state index contributed by atoms with van der Waals surface area (Å²) < 4.78 is 13.7. The molecule has 2 unspecified atom stereocenters. The lowest BCUT2D eigenvalue weighted by molar-refractivity contribution is 0.292. The van der Waals surface area contributed by atoms with Crippen LogP contribution < -0.4 is 5.73 Å². The van der Waals surface area contributed by atoms with Crippen LogP contribution in [-0.4, -0.2) is 5.75 Å². The molecule has 1 aromatic heterocycles. The Labute approximate surface area is 104 Å². The Kier molecular flexibility index (Phi) is 3.41. The van der Waals surface area contributed by atoms with Crippen molar-refractivity contribution in [2.75, 3.05) is 11.5 Å². The summed E-state index contributed by atoms with van der Waals surface area (Å²) in [4.78, 5) is 0.673. The van der Waals surface area contributed by atoms with E-state index in [1.165, 1.54) is 11.3 Å². The number of hydrogen-bond donors (Lipinski definition) is 2. The number of anilines is 1. The molecule has 0 spiro atoms. The Morgan fingerprint density at radius 3 is 2.94 bits per heavy atom. The zero-order chi connectivity index (χ0) is 11.7. The molecule has 0 aromatic carbocycles. The molecule has 0 amide bonds. The van der Waals surface area contributed by atoms with Crippen molar-refractivity contribution in [1.82, 2.24) is 0 Å². The molecule has 0 saturated heterocycles. The summed E-state index contributed by atoms with van der Waals surface area (Å²) in [6.07, 6.45) is 1.27. The molecule has 5 heteroatoms. The third kappa shape index (κ3) is 1.80. The first kappa shape index (κ1) is 11.7. The largest absolute Gasteiger partial charge is 0.389 e. The van der Waals surface area contributed by atoms with E-state index in [-0.39, 0.29) is 5.92 Å². The lowest BCUT2D eigenvalue weighted by Crippen LogP contribution is -2.11. The van der Waals surface area contributed by atoms with Crippen molar-refractivity contribution >= 4 is 29.0 Å². The summed E-state index contributed by atoms with van der Waals surface area (Å²) in [5.41, 5.74) is 7.12. The first-order valence-corrected chi connectivity index (χ1v) is 6.71. The lowest BCUT2D eigenvalue weighted by atomic mass is 9.83. The quantitative estimate of drug-likeness (QED) is 0.797. The number of fused-ring (bicyclic) bond motifs is 1. The average Bonchev–Trinajstić information content (AvgIpc) is 2.60. The molecule has 1 aliphatic rings. The van der Waals surface area contributed by atoms with Gasteiger partial charge in [0, 0.05) is 4.88 Å². The van der Waals surface area contributed by atoms with Crippen molar-refractivity contribution in [3.63, 3.8) is 0 Å². The molecule has 1 heterocycles. The van der Waals surface area contributed by atoms with Gasteiger partial charge in [-0.2, -0.15) is 17.9 Å². The van der Waals surface area contributed by atoms with E-state index < -0.39 is 6.17 Å². The smallest absolute Gasteiger partial charge is 0.135 e. The minimum Gasteiger partial charge on any atom is -0.389 e. The molecule has 1 aliphatic carbocycles. The van der Waals surface area contributed by atoms with E-state index in [2.05, 4.69) is 18.7 Å². The first-order valence-electron chi connectivity index (χ1n) is 5.26. The van der Waals surface area contributed by atoms with Crippen molar-refractivity contribution in [1.29, 1.82) is 5.26 Å². The molecule has 0 bridgehead atoms. The van der Waals surface area contributed by atoms with Gasteiger partial charge < -0.3 is 5.73 Å². The molecular formula is C11H13FN2S2. The molecular weight excluding hydrogens is 243 g/mol. The zero-order valence-electron chi connectivity index (χ0n) is 8.74. The fourth-order valence-corrected chi connectivity index (χ4v) is 3.73. The second-order valence-corrected chi connectivity index (χ2v) is 5.52. The van der Waals surface area contributed by atoms with Gasteiger partial charge in [0.05, 0.1) is 5.56 Å². The summed E-state index contributed by atoms with van der Waals surface area (Å²) in [5.74, 6) is 1.00. The molecule has 86 valence electrons. The minimum atomic E-state index is -0.944. The van der Waals surface area contributed by atoms with Crippen molar-refractivity contribution in [3.8, 4) is 6.07 Å². The number of alkyl halides is 1. The highest BCUT2D eigenvalue weighted by molar-refractivity contribution is 7.80. The molecule has 0 saturated carbocycles. The molecule has 2 atom stereocenters. The van der Waals surface area contributed by atoms with E-state index >= 15 is 0 Å². The van der Waals surface area contributed by atoms with Gasteiger partial charge in [-0.05, 0) is 36.5 Å². The van der Waals surface area contributed by atoms with E-state index in [0.29, 0.717) is 21.9 Å². The van der Waals surface area contributed by atoms with Crippen LogP contribution in [0.15, 0.2) is 0 Å². The summed E-state index contributed by atoms with van der Waals surface area (Å²) in [5, 5.41) is 9.53. The number of rotatable bonds is 2. The van der Waals surface area contributed by atoms with E-state index in [0.717, 1.165) is 24.2 Å². The van der Waals surface area contributed by atoms with Crippen LogP contribution in [0.1, 0.15) is 47.4 Å². The van der Waals surface area contributed by atoms with Gasteiger partial charge in [-0.1, -0.05) is 0 Å². The second-order valence-electron chi connectivity index (χ2n) is 3.99. The van der Waals surface area contributed by atoms with Crippen LogP contribution in [0.25, 0.3) is 0 Å². The fourth-order valence-electron chi connectivity index (χ4n) is 2.30. The van der Waals surface area contributed by atoms with Crippen LogP contribution >= 0.6 is 24.0 Å². The highest BCUT2D eigenvalue weighted by Gasteiger charge is 2.32. The summed E-state index contributed by atoms with van der Waals surface area (Å²) in [7, 11) is 0. The number of nitrogen functional groups attached to an aromatic ring is 1. The highest BCUT2D eigenvalue weighted by Crippen LogP contribution is 2.48. The number of thiophene rings is 1. The predicted molar refractivity (Wildman–Crippen MR) is 67.7 cm³/mol. The Morgan fingerprint density at radius 2 is 2.31 bits per heavy atom. The van der Waals surface area contributed by atoms with Gasteiger partial charge in [0.15, 0.2) is 0 Å². The number of halogens is 1. The van der Waals surface area contributed by atoms with Crippen LogP contribution in [0.2, 0.25) is 0 Å². The number of thiol groups is 1. The Hall–Kier alpha value is -0.730. The predicted octanol–water partition coefficient (Wildman–Crippen LogP) is 3.41. The molecule has 1 aromatic rings. The maximum Gasteiger partial charge on any atom is 0.135 e. The molecule has 2 rings (SSSR count). The third-order valence-electron chi connectivity index (χ3n) is 3.05. The van der Waals surface area contributed by atoms with E-state index in [9.17, 15) is 4.39 Å². The molecule has 2 N–H and O–H groups in total. The van der Waals surface area contributed by atoms with Gasteiger partial charge >= 0.3 is 0 Å². The normalized spacial score (nSPS) is 23.8. The van der Waals surface area contributed by atoms with Crippen LogP contribution in [-0.2, 0) is 0 Å². The van der Waals surface area contributed by atoms with Crippen LogP contribution in [0.5, 0.6) is 0 Å². The standard InChI is InChI=1S/C11H13FN2S2/c12-8-2-1-6(3-4-15)9-7(5-13)11(14)16-10(8)9/h6,8,15H,1-4,14H2. The highest BCUT2D eigenvalue weighted by atomic mass is 32.1. The van der Waals surface area contributed by atoms with Crippen LogP contribution in [0.4, 0.5) is 9.39 Å². The second kappa shape index (κ2) is 4.64. The van der Waals surface area contributed by atoms with Gasteiger partial charge in [0.2, 0.25) is 0 Å². The van der Waals surface area contributed by atoms with Crippen LogP contribution in [0, 0.1) is 11.3 Å². The number of nitrogens with zero attached hydrogens (tertiary/aromatic N) is 1. The van der Waals surface area contributed by atoms with Gasteiger partial charge in [0.1, 0.15) is 17.2 Å². The van der Waals surface area contributed by atoms with Crippen molar-refractivity contribution in [2.45, 2.75) is 31.4 Å². The minimum absolute atomic E-state index is 0.252. The van der Waals surface area contributed by atoms with Gasteiger partial charge in [-0.25, -0.2) is 4.39 Å². The maximum atomic E-state index is 13.7. The Balaban J connectivity index is 2.50. The number of hydrogen-bond acceptors (Lipinski definition) is 4. The molecule has 0 aliphatic heterocycles. The fraction of sp³-hybridized carbons (Fsp3) is 0.545. The third-order valence-corrected chi connectivity index (χ3v) is 4.43. The molecule has 0 radical (unpaired) electrons.